The first-order valence-electron chi connectivity index (χ1n) is 10.3. The number of nitrogens with zero attached hydrogens (tertiary/aromatic N) is 5. The maximum Gasteiger partial charge on any atom is 0.410 e. The molecule has 1 aliphatic rings. The lowest BCUT2D eigenvalue weighted by atomic mass is 9.81. The molecule has 0 aliphatic carbocycles. The molecule has 0 bridgehead atoms. The number of hydrogen-bond donors (Lipinski definition) is 0. The molecule has 0 saturated carbocycles. The fraction of sp³-hybridized carbons (Fsp3) is 0.500. The van der Waals surface area contributed by atoms with Gasteiger partial charge in [-0.15, -0.1) is 0 Å². The van der Waals surface area contributed by atoms with Crippen LogP contribution in [0.5, 0.6) is 0 Å². The summed E-state index contributed by atoms with van der Waals surface area (Å²) in [5.74, 6) is 0.522. The van der Waals surface area contributed by atoms with Crippen LogP contribution >= 0.6 is 11.6 Å². The molecule has 1 saturated heterocycles. The molecule has 30 heavy (non-hydrogen) atoms. The van der Waals surface area contributed by atoms with Crippen LogP contribution in [0.4, 0.5) is 4.79 Å². The second-order valence-electron chi connectivity index (χ2n) is 9.16. The van der Waals surface area contributed by atoms with Gasteiger partial charge in [0.25, 0.3) is 0 Å². The van der Waals surface area contributed by atoms with Crippen LogP contribution in [0, 0.1) is 5.92 Å². The third-order valence-electron chi connectivity index (χ3n) is 5.58. The van der Waals surface area contributed by atoms with Crippen molar-refractivity contribution in [3.05, 3.63) is 41.3 Å². The number of carbonyl (C=O) groups is 1. The van der Waals surface area contributed by atoms with Gasteiger partial charge in [-0.2, -0.15) is 10.2 Å². The monoisotopic (exact) mass is 429 g/mol. The molecule has 0 N–H and O–H groups in total. The van der Waals surface area contributed by atoms with Gasteiger partial charge in [-0.3, -0.25) is 4.68 Å². The van der Waals surface area contributed by atoms with Crippen molar-refractivity contribution in [1.82, 2.24) is 24.5 Å². The molecule has 2 aromatic heterocycles. The van der Waals surface area contributed by atoms with Gasteiger partial charge in [-0.25, -0.2) is 9.48 Å². The number of fused-ring (bicyclic) bond motifs is 1. The van der Waals surface area contributed by atoms with Crippen molar-refractivity contribution in [2.45, 2.75) is 45.6 Å². The summed E-state index contributed by atoms with van der Waals surface area (Å²) in [4.78, 5) is 14.3. The molecule has 1 aliphatic heterocycles. The van der Waals surface area contributed by atoms with Crippen LogP contribution in [0.25, 0.3) is 16.6 Å². The minimum atomic E-state index is -0.490. The van der Waals surface area contributed by atoms with Crippen LogP contribution in [0.1, 0.15) is 45.6 Å². The Morgan fingerprint density at radius 2 is 2.00 bits per heavy atom. The number of hydrogen-bond acceptors (Lipinski definition) is 4. The van der Waals surface area contributed by atoms with Crippen LogP contribution < -0.4 is 0 Å². The zero-order valence-electron chi connectivity index (χ0n) is 18.1. The van der Waals surface area contributed by atoms with Gasteiger partial charge in [0.15, 0.2) is 0 Å². The quantitative estimate of drug-likeness (QED) is 0.588. The summed E-state index contributed by atoms with van der Waals surface area (Å²) >= 11 is 6.69. The topological polar surface area (TPSA) is 65.2 Å². The third kappa shape index (κ3) is 4.03. The van der Waals surface area contributed by atoms with Gasteiger partial charge in [0.05, 0.1) is 24.1 Å². The van der Waals surface area contributed by atoms with Gasteiger partial charge < -0.3 is 9.64 Å². The predicted molar refractivity (Wildman–Crippen MR) is 117 cm³/mol. The third-order valence-corrected chi connectivity index (χ3v) is 5.91. The molecule has 0 spiro atoms. The Kier molecular flexibility index (Phi) is 5.26. The minimum Gasteiger partial charge on any atom is -0.444 e. The number of rotatable bonds is 2. The second kappa shape index (κ2) is 7.61. The zero-order valence-corrected chi connectivity index (χ0v) is 18.8. The summed E-state index contributed by atoms with van der Waals surface area (Å²) < 4.78 is 9.20. The van der Waals surface area contributed by atoms with E-state index >= 15 is 0 Å². The van der Waals surface area contributed by atoms with E-state index in [9.17, 15) is 4.79 Å². The van der Waals surface area contributed by atoms with Gasteiger partial charge in [0, 0.05) is 30.5 Å². The smallest absolute Gasteiger partial charge is 0.410 e. The van der Waals surface area contributed by atoms with Crippen molar-refractivity contribution in [2.75, 3.05) is 13.1 Å². The van der Waals surface area contributed by atoms with Crippen molar-refractivity contribution in [1.29, 1.82) is 0 Å². The molecular weight excluding hydrogens is 402 g/mol. The number of likely N-dealkylation sites (tertiary alicyclic amines) is 1. The van der Waals surface area contributed by atoms with Crippen molar-refractivity contribution in [3.8, 4) is 5.69 Å². The Balaban J connectivity index is 1.60. The van der Waals surface area contributed by atoms with E-state index in [4.69, 9.17) is 16.3 Å². The zero-order chi connectivity index (χ0) is 21.6. The number of ether oxygens (including phenoxy) is 1. The number of halogens is 1. The van der Waals surface area contributed by atoms with Crippen LogP contribution in [0.3, 0.4) is 0 Å². The number of aryl methyl sites for hydroxylation is 1. The Morgan fingerprint density at radius 3 is 2.63 bits per heavy atom. The summed E-state index contributed by atoms with van der Waals surface area (Å²) in [6.07, 6.45) is 6.15. The summed E-state index contributed by atoms with van der Waals surface area (Å²) in [5, 5.41) is 10.5. The Hall–Kier alpha value is -2.54. The molecule has 0 radical (unpaired) electrons. The average Bonchev–Trinajstić information content (AvgIpc) is 3.25. The first kappa shape index (κ1) is 20.7. The maximum absolute atomic E-state index is 12.5. The van der Waals surface area contributed by atoms with E-state index in [0.29, 0.717) is 13.1 Å². The van der Waals surface area contributed by atoms with Gasteiger partial charge in [0.1, 0.15) is 11.3 Å². The highest BCUT2D eigenvalue weighted by molar-refractivity contribution is 6.32. The number of benzene rings is 1. The van der Waals surface area contributed by atoms with Gasteiger partial charge >= 0.3 is 6.09 Å². The summed E-state index contributed by atoms with van der Waals surface area (Å²) in [6.45, 7) is 9.14. The molecule has 3 aromatic rings. The van der Waals surface area contributed by atoms with Crippen molar-refractivity contribution < 1.29 is 9.53 Å². The minimum absolute atomic E-state index is 0.246. The van der Waals surface area contributed by atoms with Crippen LogP contribution in [0.15, 0.2) is 30.7 Å². The van der Waals surface area contributed by atoms with E-state index in [2.05, 4.69) is 23.2 Å². The van der Waals surface area contributed by atoms with Gasteiger partial charge in [-0.05, 0) is 56.7 Å². The standard InChI is InChI=1S/C22H28ClN5O2/c1-14-12-27(21(29)30-22(2,3)4)7-6-17(14)18-9-20-15(8-19(18)23)10-25-28(20)16-11-24-26(5)13-16/h8-11,13-14,17H,6-7,12H2,1-5H3. The summed E-state index contributed by atoms with van der Waals surface area (Å²) in [5.41, 5.74) is 2.53. The highest BCUT2D eigenvalue weighted by Gasteiger charge is 2.33. The lowest BCUT2D eigenvalue weighted by Gasteiger charge is -2.38. The lowest BCUT2D eigenvalue weighted by Crippen LogP contribution is -2.44. The van der Waals surface area contributed by atoms with Crippen LogP contribution in [-0.4, -0.2) is 49.2 Å². The van der Waals surface area contributed by atoms with E-state index in [1.54, 1.807) is 15.8 Å². The Labute approximate surface area is 181 Å². The van der Waals surface area contributed by atoms with Crippen molar-refractivity contribution in [3.63, 3.8) is 0 Å². The molecule has 8 heteroatoms. The largest absolute Gasteiger partial charge is 0.444 e. The molecule has 160 valence electrons. The molecule has 2 atom stereocenters. The second-order valence-corrected chi connectivity index (χ2v) is 9.57. The first-order chi connectivity index (χ1) is 14.1. The van der Waals surface area contributed by atoms with E-state index in [0.717, 1.165) is 33.6 Å². The predicted octanol–water partition coefficient (Wildman–Crippen LogP) is 4.77. The normalized spacial score (nSPS) is 20.0. The van der Waals surface area contributed by atoms with Crippen molar-refractivity contribution >= 4 is 28.6 Å². The number of piperidine rings is 1. The Morgan fingerprint density at radius 1 is 1.23 bits per heavy atom. The molecule has 3 heterocycles. The number of amides is 1. The average molecular weight is 430 g/mol. The highest BCUT2D eigenvalue weighted by Crippen LogP contribution is 2.39. The fourth-order valence-corrected chi connectivity index (χ4v) is 4.48. The number of carbonyl (C=O) groups excluding carboxylic acids is 1. The molecular formula is C22H28ClN5O2. The van der Waals surface area contributed by atoms with E-state index in [1.165, 1.54) is 0 Å². The summed E-state index contributed by atoms with van der Waals surface area (Å²) in [7, 11) is 1.89. The SMILES string of the molecule is CC1CN(C(=O)OC(C)(C)C)CCC1c1cc2c(cnn2-c2cnn(C)c2)cc1Cl. The van der Waals surface area contributed by atoms with Gasteiger partial charge in [-0.1, -0.05) is 18.5 Å². The molecule has 4 rings (SSSR count). The van der Waals surface area contributed by atoms with E-state index in [1.807, 2.05) is 51.0 Å². The lowest BCUT2D eigenvalue weighted by molar-refractivity contribution is 0.0155. The highest BCUT2D eigenvalue weighted by atomic mass is 35.5. The fourth-order valence-electron chi connectivity index (χ4n) is 4.17. The van der Waals surface area contributed by atoms with Crippen LogP contribution in [-0.2, 0) is 11.8 Å². The molecule has 2 unspecified atom stereocenters. The molecule has 1 fully saturated rings. The number of aromatic nitrogens is 4. The van der Waals surface area contributed by atoms with Crippen molar-refractivity contribution in [2.24, 2.45) is 13.0 Å². The first-order valence-corrected chi connectivity index (χ1v) is 10.6. The summed E-state index contributed by atoms with van der Waals surface area (Å²) in [6, 6.07) is 4.13. The van der Waals surface area contributed by atoms with E-state index in [-0.39, 0.29) is 17.9 Å². The molecule has 7 nitrogen and oxygen atoms in total. The maximum atomic E-state index is 12.5. The van der Waals surface area contributed by atoms with E-state index < -0.39 is 5.60 Å². The van der Waals surface area contributed by atoms with Gasteiger partial charge in [0.2, 0.25) is 0 Å². The molecule has 1 amide bonds. The molecule has 1 aromatic carbocycles. The Bertz CT molecular complexity index is 1080. The van der Waals surface area contributed by atoms with Crippen LogP contribution in [0.2, 0.25) is 5.02 Å².